The fourth-order valence-electron chi connectivity index (χ4n) is 2.09. The van der Waals surface area contributed by atoms with Crippen LogP contribution in [0.2, 0.25) is 5.02 Å². The van der Waals surface area contributed by atoms with Gasteiger partial charge in [0.2, 0.25) is 0 Å². The number of halogens is 1. The molecule has 1 N–H and O–H groups in total. The van der Waals surface area contributed by atoms with Crippen LogP contribution >= 0.6 is 11.6 Å². The van der Waals surface area contributed by atoms with Crippen LogP contribution in [0.5, 0.6) is 5.75 Å². The van der Waals surface area contributed by atoms with Gasteiger partial charge >= 0.3 is 0 Å². The Kier molecular flexibility index (Phi) is 3.56. The van der Waals surface area contributed by atoms with Gasteiger partial charge in [-0.1, -0.05) is 11.6 Å². The monoisotopic (exact) mass is 240 g/mol. The zero-order chi connectivity index (χ0) is 11.5. The Balaban J connectivity index is 2.30. The largest absolute Gasteiger partial charge is 0.495 e. The molecule has 0 radical (unpaired) electrons. The van der Waals surface area contributed by atoms with Gasteiger partial charge in [-0.3, -0.25) is 0 Å². The molecule has 0 spiro atoms. The molecule has 1 atom stereocenters. The van der Waals surface area contributed by atoms with Crippen molar-refractivity contribution in [2.24, 2.45) is 0 Å². The predicted octanol–water partition coefficient (Wildman–Crippen LogP) is 2.15. The lowest BCUT2D eigenvalue weighted by atomic mass is 10.1. The van der Waals surface area contributed by atoms with E-state index < -0.39 is 0 Å². The lowest BCUT2D eigenvalue weighted by molar-refractivity contribution is 0.409. The lowest BCUT2D eigenvalue weighted by Crippen LogP contribution is -2.50. The van der Waals surface area contributed by atoms with Crippen LogP contribution in [0.1, 0.15) is 6.92 Å². The van der Waals surface area contributed by atoms with Gasteiger partial charge in [0.15, 0.2) is 0 Å². The highest BCUT2D eigenvalue weighted by atomic mass is 35.5. The van der Waals surface area contributed by atoms with Crippen molar-refractivity contribution in [1.29, 1.82) is 0 Å². The summed E-state index contributed by atoms with van der Waals surface area (Å²) in [5.74, 6) is 0.848. The van der Waals surface area contributed by atoms with E-state index in [0.717, 1.165) is 31.1 Å². The Morgan fingerprint density at radius 3 is 3.00 bits per heavy atom. The van der Waals surface area contributed by atoms with Gasteiger partial charge in [-0.25, -0.2) is 0 Å². The lowest BCUT2D eigenvalue weighted by Gasteiger charge is -2.36. The summed E-state index contributed by atoms with van der Waals surface area (Å²) >= 11 is 5.96. The van der Waals surface area contributed by atoms with Crippen molar-refractivity contribution in [2.45, 2.75) is 13.0 Å². The third kappa shape index (κ3) is 2.25. The molecule has 16 heavy (non-hydrogen) atoms. The molecule has 1 aliphatic rings. The average Bonchev–Trinajstić information content (AvgIpc) is 2.30. The topological polar surface area (TPSA) is 24.5 Å². The number of nitrogens with one attached hydrogen (secondary N) is 1. The molecule has 0 aromatic heterocycles. The summed E-state index contributed by atoms with van der Waals surface area (Å²) in [6.45, 7) is 5.22. The summed E-state index contributed by atoms with van der Waals surface area (Å²) < 4.78 is 5.38. The van der Waals surface area contributed by atoms with E-state index in [4.69, 9.17) is 16.3 Å². The molecular formula is C12H17ClN2O. The van der Waals surface area contributed by atoms with E-state index in [1.807, 2.05) is 18.2 Å². The molecule has 2 rings (SSSR count). The quantitative estimate of drug-likeness (QED) is 0.857. The molecule has 88 valence electrons. The second-order valence-corrected chi connectivity index (χ2v) is 4.50. The number of rotatable bonds is 2. The van der Waals surface area contributed by atoms with Crippen LogP contribution in [0, 0.1) is 0 Å². The summed E-state index contributed by atoms with van der Waals surface area (Å²) in [5.41, 5.74) is 1.13. The number of anilines is 1. The molecule has 0 bridgehead atoms. The number of ether oxygens (including phenoxy) is 1. The molecule has 1 aromatic carbocycles. The van der Waals surface area contributed by atoms with Crippen LogP contribution in [0.3, 0.4) is 0 Å². The van der Waals surface area contributed by atoms with Crippen molar-refractivity contribution in [1.82, 2.24) is 5.32 Å². The Labute approximate surface area is 101 Å². The van der Waals surface area contributed by atoms with E-state index in [9.17, 15) is 0 Å². The number of hydrogen-bond acceptors (Lipinski definition) is 3. The van der Waals surface area contributed by atoms with E-state index >= 15 is 0 Å². The zero-order valence-electron chi connectivity index (χ0n) is 9.66. The first-order valence-corrected chi connectivity index (χ1v) is 5.91. The first-order chi connectivity index (χ1) is 7.72. The number of piperazine rings is 1. The average molecular weight is 241 g/mol. The number of benzene rings is 1. The summed E-state index contributed by atoms with van der Waals surface area (Å²) in [5, 5.41) is 4.09. The Hall–Kier alpha value is -0.930. The van der Waals surface area contributed by atoms with Crippen molar-refractivity contribution in [3.8, 4) is 5.75 Å². The molecule has 1 aromatic rings. The summed E-state index contributed by atoms with van der Waals surface area (Å²) in [6, 6.07) is 6.28. The fourth-order valence-corrected chi connectivity index (χ4v) is 2.25. The van der Waals surface area contributed by atoms with Crippen LogP contribution in [-0.2, 0) is 0 Å². The molecule has 4 heteroatoms. The van der Waals surface area contributed by atoms with Gasteiger partial charge in [-0.2, -0.15) is 0 Å². The first-order valence-electron chi connectivity index (χ1n) is 5.53. The maximum absolute atomic E-state index is 5.96. The minimum atomic E-state index is 0.476. The van der Waals surface area contributed by atoms with Gasteiger partial charge in [0, 0.05) is 36.8 Å². The minimum Gasteiger partial charge on any atom is -0.495 e. The number of nitrogens with zero attached hydrogens (tertiary/aromatic N) is 1. The zero-order valence-corrected chi connectivity index (χ0v) is 10.4. The van der Waals surface area contributed by atoms with E-state index in [1.54, 1.807) is 7.11 Å². The van der Waals surface area contributed by atoms with Gasteiger partial charge in [-0.05, 0) is 19.1 Å². The normalized spacial score (nSPS) is 20.9. The van der Waals surface area contributed by atoms with Crippen LogP contribution in [0.4, 0.5) is 5.69 Å². The third-order valence-corrected chi connectivity index (χ3v) is 3.19. The Morgan fingerprint density at radius 1 is 1.50 bits per heavy atom. The second kappa shape index (κ2) is 4.93. The molecule has 1 fully saturated rings. The fraction of sp³-hybridized carbons (Fsp3) is 0.500. The first kappa shape index (κ1) is 11.6. The Morgan fingerprint density at radius 2 is 2.31 bits per heavy atom. The van der Waals surface area contributed by atoms with Gasteiger partial charge in [0.05, 0.1) is 12.8 Å². The molecule has 1 saturated heterocycles. The molecule has 1 aliphatic heterocycles. The summed E-state index contributed by atoms with van der Waals surface area (Å²) in [6.07, 6.45) is 0. The highest BCUT2D eigenvalue weighted by molar-refractivity contribution is 6.30. The van der Waals surface area contributed by atoms with Crippen molar-refractivity contribution in [3.05, 3.63) is 23.2 Å². The molecule has 0 saturated carbocycles. The van der Waals surface area contributed by atoms with Crippen LogP contribution < -0.4 is 15.0 Å². The predicted molar refractivity (Wildman–Crippen MR) is 67.7 cm³/mol. The maximum atomic E-state index is 5.96. The van der Waals surface area contributed by atoms with Gasteiger partial charge in [0.25, 0.3) is 0 Å². The smallest absolute Gasteiger partial charge is 0.143 e. The van der Waals surface area contributed by atoms with Crippen molar-refractivity contribution in [2.75, 3.05) is 31.6 Å². The summed E-state index contributed by atoms with van der Waals surface area (Å²) in [7, 11) is 1.68. The van der Waals surface area contributed by atoms with Crippen LogP contribution in [-0.4, -0.2) is 32.8 Å². The van der Waals surface area contributed by atoms with Gasteiger partial charge in [-0.15, -0.1) is 0 Å². The van der Waals surface area contributed by atoms with Crippen LogP contribution in [0.15, 0.2) is 18.2 Å². The van der Waals surface area contributed by atoms with Crippen molar-refractivity contribution >= 4 is 17.3 Å². The molecular weight excluding hydrogens is 224 g/mol. The number of hydrogen-bond donors (Lipinski definition) is 1. The van der Waals surface area contributed by atoms with E-state index in [2.05, 4.69) is 17.1 Å². The van der Waals surface area contributed by atoms with E-state index in [-0.39, 0.29) is 0 Å². The van der Waals surface area contributed by atoms with Gasteiger partial charge in [0.1, 0.15) is 5.75 Å². The molecule has 0 amide bonds. The van der Waals surface area contributed by atoms with Crippen molar-refractivity contribution in [3.63, 3.8) is 0 Å². The van der Waals surface area contributed by atoms with Crippen molar-refractivity contribution < 1.29 is 4.74 Å². The maximum Gasteiger partial charge on any atom is 0.143 e. The SMILES string of the molecule is COc1cc(Cl)ccc1N1CCNC[C@@H]1C. The molecule has 3 nitrogen and oxygen atoms in total. The highest BCUT2D eigenvalue weighted by Gasteiger charge is 2.20. The van der Waals surface area contributed by atoms with E-state index in [1.165, 1.54) is 0 Å². The summed E-state index contributed by atoms with van der Waals surface area (Å²) in [4.78, 5) is 2.35. The highest BCUT2D eigenvalue weighted by Crippen LogP contribution is 2.32. The number of methoxy groups -OCH3 is 1. The van der Waals surface area contributed by atoms with Gasteiger partial charge < -0.3 is 15.0 Å². The minimum absolute atomic E-state index is 0.476. The standard InChI is InChI=1S/C12H17ClN2O/c1-9-8-14-5-6-15(9)11-4-3-10(13)7-12(11)16-2/h3-4,7,9,14H,5-6,8H2,1-2H3/t9-/m0/s1. The van der Waals surface area contributed by atoms with E-state index in [0.29, 0.717) is 11.1 Å². The Bertz CT molecular complexity index is 370. The second-order valence-electron chi connectivity index (χ2n) is 4.06. The molecule has 1 heterocycles. The molecule has 0 unspecified atom stereocenters. The molecule has 0 aliphatic carbocycles. The van der Waals surface area contributed by atoms with Crippen LogP contribution in [0.25, 0.3) is 0 Å². The third-order valence-electron chi connectivity index (χ3n) is 2.95.